The van der Waals surface area contributed by atoms with Gasteiger partial charge in [-0.2, -0.15) is 0 Å². The summed E-state index contributed by atoms with van der Waals surface area (Å²) >= 11 is 2.35. The summed E-state index contributed by atoms with van der Waals surface area (Å²) in [5.41, 5.74) is 1.68. The molecule has 0 N–H and O–H groups in total. The molecule has 2 heteroatoms. The predicted octanol–water partition coefficient (Wildman–Crippen LogP) is 3.40. The molecule has 0 atom stereocenters. The molecule has 0 radical (unpaired) electrons. The second-order valence-electron chi connectivity index (χ2n) is 6.44. The van der Waals surface area contributed by atoms with Crippen molar-refractivity contribution < 1.29 is 21.2 Å². The minimum atomic E-state index is 0.0287. The van der Waals surface area contributed by atoms with Crippen LogP contribution in [0.25, 0.3) is 0 Å². The third-order valence-corrected chi connectivity index (χ3v) is 6.80. The molecule has 0 saturated heterocycles. The Morgan fingerprint density at radius 1 is 0.625 bits per heavy atom. The summed E-state index contributed by atoms with van der Waals surface area (Å²) in [7, 11) is 0. The van der Waals surface area contributed by atoms with Gasteiger partial charge in [-0.25, -0.2) is 0 Å². The van der Waals surface area contributed by atoms with Crippen LogP contribution in [-0.4, -0.2) is 0 Å². The fourth-order valence-corrected chi connectivity index (χ4v) is 4.66. The molecule has 0 bridgehead atoms. The van der Waals surface area contributed by atoms with Crippen LogP contribution < -0.4 is 21.2 Å². The van der Waals surface area contributed by atoms with E-state index in [4.69, 9.17) is 0 Å². The molecule has 0 aliphatic heterocycles. The van der Waals surface area contributed by atoms with E-state index >= 15 is 0 Å². The molecule has 0 unspecified atom stereocenters. The Morgan fingerprint density at radius 3 is 1.42 bits per heavy atom. The molecule has 24 heavy (non-hydrogen) atoms. The number of rotatable bonds is 2. The first-order valence-electron chi connectivity index (χ1n) is 7.96. The van der Waals surface area contributed by atoms with Gasteiger partial charge in [0.2, 0.25) is 0 Å². The van der Waals surface area contributed by atoms with Crippen LogP contribution in [0.1, 0.15) is 26.3 Å². The van der Waals surface area contributed by atoms with Gasteiger partial charge in [-0.15, -0.1) is 0 Å². The molecule has 0 heterocycles. The van der Waals surface area contributed by atoms with Crippen molar-refractivity contribution >= 4 is 22.6 Å². The molecular formula is C22H23I2-. The van der Waals surface area contributed by atoms with Gasteiger partial charge in [0.15, 0.2) is 0 Å². The molecular weight excluding hydrogens is 518 g/mol. The first kappa shape index (κ1) is 19.4. The zero-order valence-corrected chi connectivity index (χ0v) is 18.7. The Kier molecular flexibility index (Phi) is 7.75. The van der Waals surface area contributed by atoms with Crippen LogP contribution >= 0.6 is 22.6 Å². The molecule has 0 spiro atoms. The van der Waals surface area contributed by atoms with Gasteiger partial charge in [-0.1, -0.05) is 32.9 Å². The van der Waals surface area contributed by atoms with E-state index in [-0.39, 0.29) is 26.6 Å². The van der Waals surface area contributed by atoms with Crippen molar-refractivity contribution in [3.05, 3.63) is 101 Å². The van der Waals surface area contributed by atoms with Gasteiger partial charge in [0, 0.05) is 3.57 Å². The molecule has 3 rings (SSSR count). The summed E-state index contributed by atoms with van der Waals surface area (Å²) < 4.78 is 4.26. The van der Waals surface area contributed by atoms with Crippen molar-refractivity contribution in [2.24, 2.45) is 0 Å². The van der Waals surface area contributed by atoms with E-state index in [0.29, 0.717) is 0 Å². The normalized spacial score (nSPS) is 10.8. The first-order valence-corrected chi connectivity index (χ1v) is 11.2. The zero-order valence-electron chi connectivity index (χ0n) is 14.3. The summed E-state index contributed by atoms with van der Waals surface area (Å²) in [5.74, 6) is 0. The monoisotopic (exact) mass is 541 g/mol. The molecule has 0 aliphatic carbocycles. The molecule has 0 fully saturated rings. The number of hydrogen-bond donors (Lipinski definition) is 0. The fraction of sp³-hybridized carbons (Fsp3) is 0.182. The summed E-state index contributed by atoms with van der Waals surface area (Å²) in [6.07, 6.45) is 0. The van der Waals surface area contributed by atoms with E-state index in [1.807, 2.05) is 0 Å². The van der Waals surface area contributed by atoms with Gasteiger partial charge >= 0.3 is 89.0 Å². The molecule has 0 aromatic heterocycles. The van der Waals surface area contributed by atoms with Crippen molar-refractivity contribution in [3.63, 3.8) is 0 Å². The Bertz CT molecular complexity index is 674. The number of benzene rings is 3. The topological polar surface area (TPSA) is 0 Å². The van der Waals surface area contributed by atoms with E-state index in [9.17, 15) is 0 Å². The van der Waals surface area contributed by atoms with E-state index < -0.39 is 0 Å². The fourth-order valence-electron chi connectivity index (χ4n) is 2.03. The van der Waals surface area contributed by atoms with Crippen molar-refractivity contribution in [1.82, 2.24) is 0 Å². The summed E-state index contributed by atoms with van der Waals surface area (Å²) in [4.78, 5) is 0. The number of halogens is 2. The molecule has 0 aliphatic rings. The first-order chi connectivity index (χ1) is 11.4. The van der Waals surface area contributed by atoms with Crippen LogP contribution in [0.4, 0.5) is 0 Å². The second kappa shape index (κ2) is 9.56. The predicted molar refractivity (Wildman–Crippen MR) is 108 cm³/mol. The van der Waals surface area contributed by atoms with Gasteiger partial charge in [-0.05, 0) is 45.7 Å². The average molecular weight is 541 g/mol. The molecule has 0 saturated carbocycles. The maximum atomic E-state index is 2.32. The van der Waals surface area contributed by atoms with E-state index in [1.165, 1.54) is 16.3 Å². The Hall–Kier alpha value is -0.880. The van der Waals surface area contributed by atoms with Crippen LogP contribution in [0.15, 0.2) is 84.9 Å². The zero-order chi connectivity index (χ0) is 17.4. The van der Waals surface area contributed by atoms with E-state index in [2.05, 4.69) is 128 Å². The van der Waals surface area contributed by atoms with Crippen molar-refractivity contribution in [2.45, 2.75) is 26.2 Å². The van der Waals surface area contributed by atoms with Crippen LogP contribution in [0.3, 0.4) is 0 Å². The molecule has 126 valence electrons. The molecule has 0 amide bonds. The Labute approximate surface area is 170 Å². The van der Waals surface area contributed by atoms with Crippen LogP contribution in [0.5, 0.6) is 0 Å². The summed E-state index contributed by atoms with van der Waals surface area (Å²) in [6, 6.07) is 30.1. The Morgan fingerprint density at radius 2 is 1.04 bits per heavy atom. The molecule has 0 nitrogen and oxygen atoms in total. The minimum absolute atomic E-state index is 0.0287. The van der Waals surface area contributed by atoms with Gasteiger partial charge in [0.05, 0.1) is 0 Å². The van der Waals surface area contributed by atoms with Crippen molar-refractivity contribution in [3.8, 4) is 0 Å². The second-order valence-corrected chi connectivity index (χ2v) is 10.7. The average Bonchev–Trinajstić information content (AvgIpc) is 2.57. The van der Waals surface area contributed by atoms with Gasteiger partial charge < -0.3 is 0 Å². The van der Waals surface area contributed by atoms with Crippen LogP contribution in [-0.2, 0) is 5.41 Å². The Balaban J connectivity index is 0.000000177. The maximum absolute atomic E-state index is 2.32. The van der Waals surface area contributed by atoms with Crippen molar-refractivity contribution in [2.75, 3.05) is 0 Å². The van der Waals surface area contributed by atoms with Crippen LogP contribution in [0, 0.1) is 10.7 Å². The van der Waals surface area contributed by atoms with Gasteiger partial charge in [-0.3, -0.25) is 0 Å². The third-order valence-electron chi connectivity index (χ3n) is 3.39. The summed E-state index contributed by atoms with van der Waals surface area (Å²) in [6.45, 7) is 6.69. The van der Waals surface area contributed by atoms with Crippen molar-refractivity contribution in [1.29, 1.82) is 0 Å². The standard InChI is InChI=1S/C12H10I.C10H13I/c1-3-7-11(8-4-1)13-12-9-5-2-6-10-12;1-10(2,3)8-4-6-9(11)7-5-8/h1-10H;4-7H,1-3H3/q-1;. The molecule has 3 aromatic rings. The summed E-state index contributed by atoms with van der Waals surface area (Å²) in [5, 5.41) is 0. The van der Waals surface area contributed by atoms with Gasteiger partial charge in [0.25, 0.3) is 0 Å². The van der Waals surface area contributed by atoms with Gasteiger partial charge in [0.1, 0.15) is 0 Å². The van der Waals surface area contributed by atoms with E-state index in [1.54, 1.807) is 0 Å². The van der Waals surface area contributed by atoms with Crippen LogP contribution in [0.2, 0.25) is 0 Å². The van der Waals surface area contributed by atoms with E-state index in [0.717, 1.165) is 0 Å². The SMILES string of the molecule is CC(C)(C)c1ccc(I)cc1.c1ccc([I-]c2ccccc2)cc1. The number of hydrogen-bond acceptors (Lipinski definition) is 0. The quantitative estimate of drug-likeness (QED) is 0.437. The third kappa shape index (κ3) is 6.93. The molecule has 3 aromatic carbocycles.